The molecule has 5 nitrogen and oxygen atoms in total. The van der Waals surface area contributed by atoms with Gasteiger partial charge in [-0.05, 0) is 31.6 Å². The van der Waals surface area contributed by atoms with Gasteiger partial charge in [0.1, 0.15) is 6.04 Å². The summed E-state index contributed by atoms with van der Waals surface area (Å²) in [7, 11) is 0. The molecule has 102 valence electrons. The first-order valence-electron chi connectivity index (χ1n) is 6.83. The van der Waals surface area contributed by atoms with E-state index in [-0.39, 0.29) is 11.8 Å². The van der Waals surface area contributed by atoms with Crippen molar-refractivity contribution in [3.8, 4) is 0 Å². The number of hydrogen-bond acceptors (Lipinski definition) is 3. The van der Waals surface area contributed by atoms with Crippen molar-refractivity contribution in [2.45, 2.75) is 38.6 Å². The number of piperazine rings is 1. The fourth-order valence-electron chi connectivity index (χ4n) is 2.93. The van der Waals surface area contributed by atoms with Crippen LogP contribution in [0.15, 0.2) is 0 Å². The number of amides is 1. The zero-order valence-electron chi connectivity index (χ0n) is 10.9. The van der Waals surface area contributed by atoms with Crippen LogP contribution in [0, 0.1) is 11.8 Å². The SMILES string of the molecule is CC1CCC(C(=O)N2CCNCC2C(=O)O)CC1. The Bertz CT molecular complexity index is 324. The molecular weight excluding hydrogens is 232 g/mol. The minimum atomic E-state index is -0.903. The maximum Gasteiger partial charge on any atom is 0.327 e. The summed E-state index contributed by atoms with van der Waals surface area (Å²) in [6, 6.07) is -0.689. The van der Waals surface area contributed by atoms with Crippen molar-refractivity contribution in [1.29, 1.82) is 0 Å². The molecule has 2 fully saturated rings. The van der Waals surface area contributed by atoms with Crippen LogP contribution in [-0.4, -0.2) is 47.6 Å². The summed E-state index contributed by atoms with van der Waals surface area (Å²) < 4.78 is 0. The maximum atomic E-state index is 12.4. The fraction of sp³-hybridized carbons (Fsp3) is 0.846. The molecule has 1 aliphatic heterocycles. The molecular formula is C13H22N2O3. The monoisotopic (exact) mass is 254 g/mol. The van der Waals surface area contributed by atoms with E-state index in [1.54, 1.807) is 4.90 Å². The third-order valence-corrected chi connectivity index (χ3v) is 4.18. The second-order valence-corrected chi connectivity index (χ2v) is 5.55. The third-order valence-electron chi connectivity index (χ3n) is 4.18. The Morgan fingerprint density at radius 2 is 1.89 bits per heavy atom. The lowest BCUT2D eigenvalue weighted by Gasteiger charge is -2.37. The van der Waals surface area contributed by atoms with E-state index in [0.717, 1.165) is 25.7 Å². The molecule has 2 N–H and O–H groups in total. The van der Waals surface area contributed by atoms with Crippen LogP contribution in [-0.2, 0) is 9.59 Å². The molecule has 1 saturated carbocycles. The number of carbonyl (C=O) groups is 2. The lowest BCUT2D eigenvalue weighted by Crippen LogP contribution is -2.58. The number of nitrogens with zero attached hydrogens (tertiary/aromatic N) is 1. The molecule has 5 heteroatoms. The molecule has 1 amide bonds. The summed E-state index contributed by atoms with van der Waals surface area (Å²) in [4.78, 5) is 25.1. The number of nitrogens with one attached hydrogen (secondary N) is 1. The largest absolute Gasteiger partial charge is 0.480 e. The lowest BCUT2D eigenvalue weighted by molar-refractivity contribution is -0.153. The van der Waals surface area contributed by atoms with Gasteiger partial charge in [-0.2, -0.15) is 0 Å². The molecule has 1 heterocycles. The van der Waals surface area contributed by atoms with Crippen LogP contribution in [0.4, 0.5) is 0 Å². The average molecular weight is 254 g/mol. The summed E-state index contributed by atoms with van der Waals surface area (Å²) in [6.07, 6.45) is 3.99. The first-order chi connectivity index (χ1) is 8.59. The number of aliphatic carboxylic acids is 1. The van der Waals surface area contributed by atoms with Crippen LogP contribution in [0.2, 0.25) is 0 Å². The van der Waals surface area contributed by atoms with Crippen molar-refractivity contribution in [2.24, 2.45) is 11.8 Å². The number of carboxylic acid groups (broad SMARTS) is 1. The molecule has 0 spiro atoms. The van der Waals surface area contributed by atoms with Crippen molar-refractivity contribution in [3.05, 3.63) is 0 Å². The molecule has 1 atom stereocenters. The minimum absolute atomic E-state index is 0.0427. The Kier molecular flexibility index (Phi) is 4.22. The molecule has 0 aromatic heterocycles. The van der Waals surface area contributed by atoms with Crippen LogP contribution >= 0.6 is 0 Å². The van der Waals surface area contributed by atoms with Gasteiger partial charge >= 0.3 is 5.97 Å². The topological polar surface area (TPSA) is 69.6 Å². The Labute approximate surface area is 108 Å². The van der Waals surface area contributed by atoms with Gasteiger partial charge in [-0.3, -0.25) is 4.79 Å². The first kappa shape index (κ1) is 13.3. The Morgan fingerprint density at radius 3 is 2.50 bits per heavy atom. The molecule has 18 heavy (non-hydrogen) atoms. The highest BCUT2D eigenvalue weighted by molar-refractivity contribution is 5.85. The fourth-order valence-corrected chi connectivity index (χ4v) is 2.93. The molecule has 0 aromatic carbocycles. The predicted molar refractivity (Wildman–Crippen MR) is 67.1 cm³/mol. The van der Waals surface area contributed by atoms with Gasteiger partial charge < -0.3 is 15.3 Å². The van der Waals surface area contributed by atoms with Crippen molar-refractivity contribution in [3.63, 3.8) is 0 Å². The van der Waals surface area contributed by atoms with E-state index in [1.165, 1.54) is 0 Å². The van der Waals surface area contributed by atoms with Gasteiger partial charge in [0.25, 0.3) is 0 Å². The van der Waals surface area contributed by atoms with E-state index in [4.69, 9.17) is 5.11 Å². The zero-order chi connectivity index (χ0) is 13.1. The van der Waals surface area contributed by atoms with E-state index >= 15 is 0 Å². The van der Waals surface area contributed by atoms with Crippen LogP contribution in [0.3, 0.4) is 0 Å². The molecule has 0 radical (unpaired) electrons. The van der Waals surface area contributed by atoms with Crippen LogP contribution in [0.25, 0.3) is 0 Å². The molecule has 0 aromatic rings. The molecule has 0 bridgehead atoms. The van der Waals surface area contributed by atoms with Gasteiger partial charge in [0.05, 0.1) is 0 Å². The second-order valence-electron chi connectivity index (χ2n) is 5.55. The smallest absolute Gasteiger partial charge is 0.327 e. The van der Waals surface area contributed by atoms with Gasteiger partial charge in [0, 0.05) is 25.6 Å². The van der Waals surface area contributed by atoms with Gasteiger partial charge in [-0.25, -0.2) is 4.79 Å². The lowest BCUT2D eigenvalue weighted by atomic mass is 9.82. The summed E-state index contributed by atoms with van der Waals surface area (Å²) in [5.41, 5.74) is 0. The Hall–Kier alpha value is -1.10. The van der Waals surface area contributed by atoms with E-state index in [0.29, 0.717) is 25.6 Å². The van der Waals surface area contributed by atoms with E-state index < -0.39 is 12.0 Å². The summed E-state index contributed by atoms with van der Waals surface area (Å²) in [5, 5.41) is 12.2. The van der Waals surface area contributed by atoms with Crippen molar-refractivity contribution in [2.75, 3.05) is 19.6 Å². The van der Waals surface area contributed by atoms with Gasteiger partial charge in [-0.1, -0.05) is 6.92 Å². The molecule has 1 saturated heterocycles. The van der Waals surface area contributed by atoms with Crippen LogP contribution < -0.4 is 5.32 Å². The summed E-state index contributed by atoms with van der Waals surface area (Å²) in [6.45, 7) is 3.79. The molecule has 1 unspecified atom stereocenters. The number of hydrogen-bond donors (Lipinski definition) is 2. The quantitative estimate of drug-likeness (QED) is 0.761. The van der Waals surface area contributed by atoms with E-state index in [9.17, 15) is 9.59 Å². The normalized spacial score (nSPS) is 33.2. The van der Waals surface area contributed by atoms with E-state index in [2.05, 4.69) is 12.2 Å². The summed E-state index contributed by atoms with van der Waals surface area (Å²) >= 11 is 0. The Morgan fingerprint density at radius 1 is 1.22 bits per heavy atom. The molecule has 2 aliphatic rings. The minimum Gasteiger partial charge on any atom is -0.480 e. The van der Waals surface area contributed by atoms with Crippen LogP contribution in [0.5, 0.6) is 0 Å². The summed E-state index contributed by atoms with van der Waals surface area (Å²) in [5.74, 6) is -0.107. The second kappa shape index (κ2) is 5.69. The standard InChI is InChI=1S/C13H22N2O3/c1-9-2-4-10(5-3-9)12(16)15-7-6-14-8-11(15)13(17)18/h9-11,14H,2-8H2,1H3,(H,17,18). The molecule has 1 aliphatic carbocycles. The highest BCUT2D eigenvalue weighted by Gasteiger charge is 2.36. The van der Waals surface area contributed by atoms with Gasteiger partial charge in [0.2, 0.25) is 5.91 Å². The van der Waals surface area contributed by atoms with Gasteiger partial charge in [0.15, 0.2) is 0 Å². The van der Waals surface area contributed by atoms with Crippen molar-refractivity contribution in [1.82, 2.24) is 10.2 Å². The third kappa shape index (κ3) is 2.83. The highest BCUT2D eigenvalue weighted by Crippen LogP contribution is 2.30. The Balaban J connectivity index is 2.00. The maximum absolute atomic E-state index is 12.4. The van der Waals surface area contributed by atoms with Crippen molar-refractivity contribution < 1.29 is 14.7 Å². The van der Waals surface area contributed by atoms with Gasteiger partial charge in [-0.15, -0.1) is 0 Å². The number of carbonyl (C=O) groups excluding carboxylic acids is 1. The highest BCUT2D eigenvalue weighted by atomic mass is 16.4. The van der Waals surface area contributed by atoms with Crippen LogP contribution in [0.1, 0.15) is 32.6 Å². The zero-order valence-corrected chi connectivity index (χ0v) is 10.9. The number of rotatable bonds is 2. The van der Waals surface area contributed by atoms with Crippen molar-refractivity contribution >= 4 is 11.9 Å². The number of carboxylic acids is 1. The van der Waals surface area contributed by atoms with E-state index in [1.807, 2.05) is 0 Å². The first-order valence-corrected chi connectivity index (χ1v) is 6.83. The molecule has 2 rings (SSSR count). The predicted octanol–water partition coefficient (Wildman–Crippen LogP) is 0.698. The average Bonchev–Trinajstić information content (AvgIpc) is 2.39.